The van der Waals surface area contributed by atoms with Crippen molar-refractivity contribution >= 4 is 0 Å². The fourth-order valence-electron chi connectivity index (χ4n) is 3.37. The monoisotopic (exact) mass is 254 g/mol. The molecule has 0 aromatic carbocycles. The highest BCUT2D eigenvalue weighted by Gasteiger charge is 2.35. The number of hydrogen-bond acceptors (Lipinski definition) is 3. The molecule has 1 aliphatic heterocycles. The molecule has 3 nitrogen and oxygen atoms in total. The Kier molecular flexibility index (Phi) is 5.46. The second-order valence-electron chi connectivity index (χ2n) is 6.48. The maximum absolute atomic E-state index is 5.56. The molecule has 0 amide bonds. The highest BCUT2D eigenvalue weighted by Crippen LogP contribution is 2.38. The van der Waals surface area contributed by atoms with E-state index in [0.717, 1.165) is 19.8 Å². The smallest absolute Gasteiger partial charge is 0.0593 e. The molecule has 1 heterocycles. The highest BCUT2D eigenvalue weighted by molar-refractivity contribution is 4.90. The van der Waals surface area contributed by atoms with Crippen molar-refractivity contribution in [3.05, 3.63) is 0 Å². The largest absolute Gasteiger partial charge is 0.380 e. The van der Waals surface area contributed by atoms with Crippen molar-refractivity contribution in [3.8, 4) is 0 Å². The predicted octanol–water partition coefficient (Wildman–Crippen LogP) is 2.27. The van der Waals surface area contributed by atoms with Gasteiger partial charge in [-0.25, -0.2) is 0 Å². The van der Waals surface area contributed by atoms with Crippen LogP contribution in [0.25, 0.3) is 0 Å². The molecule has 0 bridgehead atoms. The first-order valence-corrected chi connectivity index (χ1v) is 7.74. The molecule has 0 atom stereocenters. The molecular weight excluding hydrogens is 224 g/mol. The Balaban J connectivity index is 1.87. The van der Waals surface area contributed by atoms with E-state index >= 15 is 0 Å². The average Bonchev–Trinajstić information content (AvgIpc) is 2.64. The third-order valence-corrected chi connectivity index (χ3v) is 4.42. The lowest BCUT2D eigenvalue weighted by atomic mass is 9.85. The van der Waals surface area contributed by atoms with E-state index < -0.39 is 0 Å². The summed E-state index contributed by atoms with van der Waals surface area (Å²) in [6, 6.07) is 0.606. The summed E-state index contributed by atoms with van der Waals surface area (Å²) in [5, 5.41) is 3.68. The summed E-state index contributed by atoms with van der Waals surface area (Å²) >= 11 is 0. The second kappa shape index (κ2) is 6.88. The molecule has 0 spiro atoms. The molecule has 2 fully saturated rings. The van der Waals surface area contributed by atoms with Crippen LogP contribution in [0.5, 0.6) is 0 Å². The first-order chi connectivity index (χ1) is 8.70. The first kappa shape index (κ1) is 14.3. The molecule has 0 radical (unpaired) electrons. The van der Waals surface area contributed by atoms with Crippen LogP contribution in [-0.4, -0.2) is 50.3 Å². The molecule has 3 heteroatoms. The number of nitrogens with one attached hydrogen (secondary N) is 1. The van der Waals surface area contributed by atoms with Gasteiger partial charge < -0.3 is 15.0 Å². The van der Waals surface area contributed by atoms with Crippen LogP contribution in [0.1, 0.15) is 46.0 Å². The van der Waals surface area contributed by atoms with Crippen molar-refractivity contribution in [2.24, 2.45) is 5.41 Å². The quantitative estimate of drug-likeness (QED) is 0.814. The van der Waals surface area contributed by atoms with Gasteiger partial charge >= 0.3 is 0 Å². The fraction of sp³-hybridized carbons (Fsp3) is 1.00. The lowest BCUT2D eigenvalue weighted by molar-refractivity contribution is 0.120. The highest BCUT2D eigenvalue weighted by atomic mass is 16.5. The van der Waals surface area contributed by atoms with Gasteiger partial charge in [-0.1, -0.05) is 26.7 Å². The van der Waals surface area contributed by atoms with Crippen LogP contribution in [0.15, 0.2) is 0 Å². The van der Waals surface area contributed by atoms with E-state index in [1.807, 2.05) is 0 Å². The summed E-state index contributed by atoms with van der Waals surface area (Å²) in [7, 11) is 0. The Morgan fingerprint density at radius 1 is 1.11 bits per heavy atom. The predicted molar refractivity (Wildman–Crippen MR) is 75.9 cm³/mol. The Bertz CT molecular complexity index is 229. The zero-order valence-electron chi connectivity index (χ0n) is 12.2. The van der Waals surface area contributed by atoms with E-state index in [0.29, 0.717) is 11.5 Å². The van der Waals surface area contributed by atoms with Gasteiger partial charge in [0.25, 0.3) is 0 Å². The van der Waals surface area contributed by atoms with Crippen LogP contribution >= 0.6 is 0 Å². The lowest BCUT2D eigenvalue weighted by Crippen LogP contribution is -2.44. The van der Waals surface area contributed by atoms with Gasteiger partial charge in [-0.05, 0) is 24.7 Å². The van der Waals surface area contributed by atoms with E-state index in [4.69, 9.17) is 4.74 Å². The Hall–Kier alpha value is -0.120. The molecule has 0 unspecified atom stereocenters. The SMILES string of the molecule is CC(C)NCC1(CN2CCCOCC2)CCCC1. The van der Waals surface area contributed by atoms with E-state index in [2.05, 4.69) is 24.1 Å². The van der Waals surface area contributed by atoms with Gasteiger partial charge in [-0.3, -0.25) is 0 Å². The molecule has 1 aliphatic carbocycles. The van der Waals surface area contributed by atoms with Gasteiger partial charge in [0.15, 0.2) is 0 Å². The topological polar surface area (TPSA) is 24.5 Å². The van der Waals surface area contributed by atoms with Crippen LogP contribution in [0.2, 0.25) is 0 Å². The first-order valence-electron chi connectivity index (χ1n) is 7.74. The third kappa shape index (κ3) is 4.22. The van der Waals surface area contributed by atoms with E-state index in [1.165, 1.54) is 51.7 Å². The molecule has 2 rings (SSSR count). The van der Waals surface area contributed by atoms with Crippen molar-refractivity contribution in [3.63, 3.8) is 0 Å². The van der Waals surface area contributed by atoms with Crippen molar-refractivity contribution in [2.75, 3.05) is 39.4 Å². The van der Waals surface area contributed by atoms with E-state index in [-0.39, 0.29) is 0 Å². The van der Waals surface area contributed by atoms with Crippen LogP contribution in [0, 0.1) is 5.41 Å². The summed E-state index contributed by atoms with van der Waals surface area (Å²) in [6.45, 7) is 11.2. The summed E-state index contributed by atoms with van der Waals surface area (Å²) in [5.74, 6) is 0. The normalized spacial score (nSPS) is 25.5. The van der Waals surface area contributed by atoms with Crippen LogP contribution < -0.4 is 5.32 Å². The average molecular weight is 254 g/mol. The maximum Gasteiger partial charge on any atom is 0.0593 e. The van der Waals surface area contributed by atoms with Gasteiger partial charge in [0.2, 0.25) is 0 Å². The number of hydrogen-bond donors (Lipinski definition) is 1. The van der Waals surface area contributed by atoms with Crippen LogP contribution in [0.4, 0.5) is 0 Å². The van der Waals surface area contributed by atoms with Crippen LogP contribution in [-0.2, 0) is 4.74 Å². The molecule has 1 saturated heterocycles. The van der Waals surface area contributed by atoms with Gasteiger partial charge in [-0.15, -0.1) is 0 Å². The molecular formula is C15H30N2O. The zero-order chi connectivity index (χ0) is 12.8. The molecule has 0 aromatic rings. The van der Waals surface area contributed by atoms with Gasteiger partial charge in [0, 0.05) is 38.8 Å². The number of ether oxygens (including phenoxy) is 1. The van der Waals surface area contributed by atoms with Crippen molar-refractivity contribution in [1.82, 2.24) is 10.2 Å². The Morgan fingerprint density at radius 2 is 1.89 bits per heavy atom. The maximum atomic E-state index is 5.56. The van der Waals surface area contributed by atoms with E-state index in [9.17, 15) is 0 Å². The lowest BCUT2D eigenvalue weighted by Gasteiger charge is -2.35. The standard InChI is InChI=1S/C15H30N2O/c1-14(2)16-12-15(6-3-4-7-15)13-17-8-5-10-18-11-9-17/h14,16H,3-13H2,1-2H3. The summed E-state index contributed by atoms with van der Waals surface area (Å²) in [6.07, 6.45) is 6.86. The molecule has 106 valence electrons. The number of rotatable bonds is 5. The minimum atomic E-state index is 0.536. The molecule has 18 heavy (non-hydrogen) atoms. The molecule has 2 aliphatic rings. The van der Waals surface area contributed by atoms with Crippen LogP contribution in [0.3, 0.4) is 0 Å². The fourth-order valence-corrected chi connectivity index (χ4v) is 3.37. The molecule has 0 aromatic heterocycles. The van der Waals surface area contributed by atoms with Gasteiger partial charge in [0.05, 0.1) is 6.61 Å². The Morgan fingerprint density at radius 3 is 2.61 bits per heavy atom. The minimum Gasteiger partial charge on any atom is -0.380 e. The van der Waals surface area contributed by atoms with Crippen molar-refractivity contribution < 1.29 is 4.74 Å². The van der Waals surface area contributed by atoms with E-state index in [1.54, 1.807) is 0 Å². The van der Waals surface area contributed by atoms with Gasteiger partial charge in [0.1, 0.15) is 0 Å². The third-order valence-electron chi connectivity index (χ3n) is 4.42. The summed E-state index contributed by atoms with van der Waals surface area (Å²) in [4.78, 5) is 2.64. The second-order valence-corrected chi connectivity index (χ2v) is 6.48. The van der Waals surface area contributed by atoms with Gasteiger partial charge in [-0.2, -0.15) is 0 Å². The minimum absolute atomic E-state index is 0.536. The van der Waals surface area contributed by atoms with Crippen molar-refractivity contribution in [1.29, 1.82) is 0 Å². The molecule has 1 saturated carbocycles. The Labute approximate surface area is 112 Å². The zero-order valence-corrected chi connectivity index (χ0v) is 12.2. The molecule has 1 N–H and O–H groups in total. The number of nitrogens with zero attached hydrogens (tertiary/aromatic N) is 1. The summed E-state index contributed by atoms with van der Waals surface area (Å²) < 4.78 is 5.56. The summed E-state index contributed by atoms with van der Waals surface area (Å²) in [5.41, 5.74) is 0.536. The van der Waals surface area contributed by atoms with Crippen molar-refractivity contribution in [2.45, 2.75) is 52.0 Å².